The third-order valence-electron chi connectivity index (χ3n) is 4.15. The molecule has 23 heavy (non-hydrogen) atoms. The molecule has 2 heterocycles. The lowest BCUT2D eigenvalue weighted by molar-refractivity contribution is -0.685. The highest BCUT2D eigenvalue weighted by Gasteiger charge is 2.24. The van der Waals surface area contributed by atoms with E-state index in [1.807, 2.05) is 58.3 Å². The van der Waals surface area contributed by atoms with Gasteiger partial charge in [-0.2, -0.15) is 4.57 Å². The zero-order valence-corrected chi connectivity index (χ0v) is 13.4. The number of rotatable bonds is 4. The number of pyridine rings is 1. The Morgan fingerprint density at radius 3 is 2.43 bits per heavy atom. The van der Waals surface area contributed by atoms with Crippen molar-refractivity contribution < 1.29 is 14.1 Å². The van der Waals surface area contributed by atoms with E-state index in [0.29, 0.717) is 6.54 Å². The molecular weight excluding hydrogens is 290 g/mol. The number of ether oxygens (including phenoxy) is 1. The summed E-state index contributed by atoms with van der Waals surface area (Å²) in [4.78, 5) is 16.6. The summed E-state index contributed by atoms with van der Waals surface area (Å²) in [6, 6.07) is 13.8. The summed E-state index contributed by atoms with van der Waals surface area (Å²) in [6.07, 6.45) is 3.84. The minimum Gasteiger partial charge on any atom is -0.495 e. The van der Waals surface area contributed by atoms with Crippen LogP contribution in [0.15, 0.2) is 54.9 Å². The maximum atomic E-state index is 12.4. The van der Waals surface area contributed by atoms with Crippen LogP contribution < -0.4 is 14.2 Å². The monoisotopic (exact) mass is 312 g/mol. The topological polar surface area (TPSA) is 36.7 Å². The molecule has 1 saturated heterocycles. The lowest BCUT2D eigenvalue weighted by Gasteiger charge is -2.36. The number of hydrogen-bond acceptors (Lipinski definition) is 3. The average Bonchev–Trinajstić information content (AvgIpc) is 2.62. The maximum Gasteiger partial charge on any atom is 0.288 e. The normalized spacial score (nSPS) is 14.7. The molecule has 0 N–H and O–H groups in total. The van der Waals surface area contributed by atoms with Gasteiger partial charge in [-0.3, -0.25) is 4.79 Å². The quantitative estimate of drug-likeness (QED) is 0.799. The van der Waals surface area contributed by atoms with Crippen molar-refractivity contribution in [3.05, 3.63) is 54.9 Å². The first-order chi connectivity index (χ1) is 11.3. The van der Waals surface area contributed by atoms with E-state index in [4.69, 9.17) is 4.74 Å². The standard InChI is InChI=1S/C18H22N3O2/c1-23-17-8-4-3-7-16(17)20-11-13-21(14-12-20)18(22)15-19-9-5-2-6-10-19/h2-10H,11-15H2,1H3/q+1. The SMILES string of the molecule is COc1ccccc1N1CCN(C(=O)C[n+]2ccccc2)CC1. The van der Waals surface area contributed by atoms with Crippen molar-refractivity contribution in [3.63, 3.8) is 0 Å². The molecule has 1 aromatic heterocycles. The third-order valence-corrected chi connectivity index (χ3v) is 4.15. The number of hydrogen-bond donors (Lipinski definition) is 0. The molecule has 0 aliphatic carbocycles. The largest absolute Gasteiger partial charge is 0.495 e. The summed E-state index contributed by atoms with van der Waals surface area (Å²) < 4.78 is 7.34. The van der Waals surface area contributed by atoms with Crippen molar-refractivity contribution in [1.29, 1.82) is 0 Å². The molecule has 120 valence electrons. The Hall–Kier alpha value is -2.56. The van der Waals surface area contributed by atoms with Crippen LogP contribution in [-0.4, -0.2) is 44.1 Å². The van der Waals surface area contributed by atoms with Gasteiger partial charge in [0.2, 0.25) is 6.54 Å². The van der Waals surface area contributed by atoms with Crippen LogP contribution in [0.25, 0.3) is 0 Å². The summed E-state index contributed by atoms with van der Waals surface area (Å²) in [5.74, 6) is 1.05. The fourth-order valence-corrected chi connectivity index (χ4v) is 2.88. The second kappa shape index (κ2) is 7.13. The van der Waals surface area contributed by atoms with E-state index in [1.165, 1.54) is 0 Å². The molecule has 3 rings (SSSR count). The van der Waals surface area contributed by atoms with Gasteiger partial charge >= 0.3 is 0 Å². The summed E-state index contributed by atoms with van der Waals surface area (Å²) in [5.41, 5.74) is 1.10. The summed E-state index contributed by atoms with van der Waals surface area (Å²) in [6.45, 7) is 3.53. The van der Waals surface area contributed by atoms with Gasteiger partial charge in [0.15, 0.2) is 12.4 Å². The summed E-state index contributed by atoms with van der Waals surface area (Å²) in [5, 5.41) is 0. The molecule has 2 aromatic rings. The molecule has 0 saturated carbocycles. The van der Waals surface area contributed by atoms with E-state index in [0.717, 1.165) is 37.6 Å². The smallest absolute Gasteiger partial charge is 0.288 e. The molecule has 0 atom stereocenters. The van der Waals surface area contributed by atoms with Crippen molar-refractivity contribution in [2.45, 2.75) is 6.54 Å². The number of benzene rings is 1. The number of nitrogens with zero attached hydrogens (tertiary/aromatic N) is 3. The maximum absolute atomic E-state index is 12.4. The number of anilines is 1. The van der Waals surface area contributed by atoms with Crippen LogP contribution in [0.2, 0.25) is 0 Å². The highest BCUT2D eigenvalue weighted by molar-refractivity contribution is 5.75. The minimum absolute atomic E-state index is 0.167. The van der Waals surface area contributed by atoms with Crippen LogP contribution in [0.3, 0.4) is 0 Å². The molecule has 1 aromatic carbocycles. The minimum atomic E-state index is 0.167. The van der Waals surface area contributed by atoms with Crippen LogP contribution in [-0.2, 0) is 11.3 Å². The molecule has 1 amide bonds. The van der Waals surface area contributed by atoms with Crippen molar-refractivity contribution in [1.82, 2.24) is 4.90 Å². The molecule has 1 aliphatic heterocycles. The Balaban J connectivity index is 1.59. The van der Waals surface area contributed by atoms with Gasteiger partial charge in [0.25, 0.3) is 5.91 Å². The Bertz CT molecular complexity index is 652. The van der Waals surface area contributed by atoms with Crippen LogP contribution in [0.5, 0.6) is 5.75 Å². The average molecular weight is 312 g/mol. The highest BCUT2D eigenvalue weighted by Crippen LogP contribution is 2.28. The van der Waals surface area contributed by atoms with E-state index in [9.17, 15) is 4.79 Å². The van der Waals surface area contributed by atoms with Crippen LogP contribution >= 0.6 is 0 Å². The predicted molar refractivity (Wildman–Crippen MR) is 88.4 cm³/mol. The van der Waals surface area contributed by atoms with E-state index >= 15 is 0 Å². The molecular formula is C18H22N3O2+. The number of amides is 1. The molecule has 0 bridgehead atoms. The molecule has 5 heteroatoms. The fraction of sp³-hybridized carbons (Fsp3) is 0.333. The molecule has 0 unspecified atom stereocenters. The summed E-state index contributed by atoms with van der Waals surface area (Å²) in [7, 11) is 1.69. The second-order valence-electron chi connectivity index (χ2n) is 5.59. The molecule has 1 aliphatic rings. The van der Waals surface area contributed by atoms with Gasteiger partial charge in [-0.25, -0.2) is 0 Å². The Kier molecular flexibility index (Phi) is 4.76. The van der Waals surface area contributed by atoms with Crippen molar-refractivity contribution in [2.24, 2.45) is 0 Å². The Labute approximate surface area is 136 Å². The van der Waals surface area contributed by atoms with Crippen molar-refractivity contribution >= 4 is 11.6 Å². The van der Waals surface area contributed by atoms with Crippen LogP contribution in [0.4, 0.5) is 5.69 Å². The van der Waals surface area contributed by atoms with Gasteiger partial charge in [-0.05, 0) is 12.1 Å². The number of carbonyl (C=O) groups is 1. The number of carbonyl (C=O) groups excluding carboxylic acids is 1. The van der Waals surface area contributed by atoms with Crippen LogP contribution in [0, 0.1) is 0 Å². The Morgan fingerprint density at radius 1 is 1.04 bits per heavy atom. The van der Waals surface area contributed by atoms with Gasteiger partial charge in [0, 0.05) is 38.3 Å². The number of aromatic nitrogens is 1. The van der Waals surface area contributed by atoms with E-state index in [2.05, 4.69) is 11.0 Å². The summed E-state index contributed by atoms with van der Waals surface area (Å²) >= 11 is 0. The van der Waals surface area contributed by atoms with E-state index in [-0.39, 0.29) is 5.91 Å². The molecule has 0 radical (unpaired) electrons. The highest BCUT2D eigenvalue weighted by atomic mass is 16.5. The van der Waals surface area contributed by atoms with Gasteiger partial charge in [-0.1, -0.05) is 18.2 Å². The number of para-hydroxylation sites is 2. The number of piperazine rings is 1. The van der Waals surface area contributed by atoms with Gasteiger partial charge in [0.1, 0.15) is 5.75 Å². The van der Waals surface area contributed by atoms with Crippen molar-refractivity contribution in [2.75, 3.05) is 38.2 Å². The lowest BCUT2D eigenvalue weighted by Crippen LogP contribution is -2.52. The van der Waals surface area contributed by atoms with Gasteiger partial charge in [-0.15, -0.1) is 0 Å². The molecule has 5 nitrogen and oxygen atoms in total. The predicted octanol–water partition coefficient (Wildman–Crippen LogP) is 1.33. The van der Waals surface area contributed by atoms with E-state index < -0.39 is 0 Å². The first kappa shape index (κ1) is 15.3. The fourth-order valence-electron chi connectivity index (χ4n) is 2.88. The zero-order chi connectivity index (χ0) is 16.1. The van der Waals surface area contributed by atoms with Crippen molar-refractivity contribution in [3.8, 4) is 5.75 Å². The van der Waals surface area contributed by atoms with E-state index in [1.54, 1.807) is 7.11 Å². The van der Waals surface area contributed by atoms with Crippen LogP contribution in [0.1, 0.15) is 0 Å². The first-order valence-corrected chi connectivity index (χ1v) is 7.88. The van der Waals surface area contributed by atoms with Gasteiger partial charge < -0.3 is 14.5 Å². The Morgan fingerprint density at radius 2 is 1.74 bits per heavy atom. The molecule has 1 fully saturated rings. The third kappa shape index (κ3) is 3.62. The molecule has 0 spiro atoms. The lowest BCUT2D eigenvalue weighted by atomic mass is 10.2. The number of methoxy groups -OCH3 is 1. The first-order valence-electron chi connectivity index (χ1n) is 7.88. The zero-order valence-electron chi connectivity index (χ0n) is 13.4. The van der Waals surface area contributed by atoms with Gasteiger partial charge in [0.05, 0.1) is 12.8 Å². The second-order valence-corrected chi connectivity index (χ2v) is 5.59.